The predicted octanol–water partition coefficient (Wildman–Crippen LogP) is 1.93. The fraction of sp³-hybridized carbons (Fsp3) is 0.200. The van der Waals surface area contributed by atoms with Crippen molar-refractivity contribution in [2.24, 2.45) is 0 Å². The Hall–Kier alpha value is -1.75. The second-order valence-electron chi connectivity index (χ2n) is 3.33. The van der Waals surface area contributed by atoms with Crippen molar-refractivity contribution in [1.29, 1.82) is 0 Å². The van der Waals surface area contributed by atoms with Gasteiger partial charge in [0.25, 0.3) is 0 Å². The largest absolute Gasteiger partial charge is 0.463 e. The topological polar surface area (TPSA) is 81.1 Å². The predicted molar refractivity (Wildman–Crippen MR) is 62.0 cm³/mol. The second-order valence-corrected chi connectivity index (χ2v) is 3.71. The van der Waals surface area contributed by atoms with E-state index < -0.39 is 6.09 Å². The summed E-state index contributed by atoms with van der Waals surface area (Å²) in [7, 11) is 0. The number of halogens is 1. The van der Waals surface area contributed by atoms with E-state index in [1.165, 1.54) is 0 Å². The standard InChI is InChI=1S/C10H10ClN3O2/c11-5-4-6-2-1-3-7-8(6)9(12)14(13-7)10(15)16/h1-3H,4-5,12H2,(H,15,16). The van der Waals surface area contributed by atoms with Crippen molar-refractivity contribution in [1.82, 2.24) is 9.78 Å². The number of rotatable bonds is 2. The first kappa shape index (κ1) is 10.8. The quantitative estimate of drug-likeness (QED) is 0.785. The van der Waals surface area contributed by atoms with Gasteiger partial charge in [-0.3, -0.25) is 0 Å². The maximum absolute atomic E-state index is 10.9. The summed E-state index contributed by atoms with van der Waals surface area (Å²) in [5.74, 6) is 0.597. The molecule has 84 valence electrons. The molecule has 0 atom stereocenters. The highest BCUT2D eigenvalue weighted by molar-refractivity contribution is 6.18. The Morgan fingerprint density at radius 2 is 2.31 bits per heavy atom. The molecule has 2 rings (SSSR count). The van der Waals surface area contributed by atoms with Crippen LogP contribution >= 0.6 is 11.6 Å². The van der Waals surface area contributed by atoms with E-state index >= 15 is 0 Å². The molecule has 1 heterocycles. The van der Waals surface area contributed by atoms with Crippen molar-refractivity contribution in [2.45, 2.75) is 6.42 Å². The van der Waals surface area contributed by atoms with Crippen LogP contribution in [0.4, 0.5) is 10.6 Å². The molecule has 0 saturated carbocycles. The minimum atomic E-state index is -1.19. The summed E-state index contributed by atoms with van der Waals surface area (Å²) in [4.78, 5) is 10.9. The lowest BCUT2D eigenvalue weighted by Gasteiger charge is -2.00. The molecule has 6 heteroatoms. The molecule has 0 aliphatic carbocycles. The molecule has 1 aromatic heterocycles. The summed E-state index contributed by atoms with van der Waals surface area (Å²) >= 11 is 5.67. The number of hydrogen-bond acceptors (Lipinski definition) is 3. The number of nitrogens with two attached hydrogens (primary N) is 1. The number of fused-ring (bicyclic) bond motifs is 1. The molecule has 0 aliphatic heterocycles. The van der Waals surface area contributed by atoms with Crippen LogP contribution in [0.15, 0.2) is 18.2 Å². The minimum Gasteiger partial charge on any atom is -0.463 e. The van der Waals surface area contributed by atoms with E-state index in [1.54, 1.807) is 6.07 Å². The molecule has 0 amide bonds. The number of aromatic nitrogens is 2. The number of nitrogens with zero attached hydrogens (tertiary/aromatic N) is 2. The number of hydrogen-bond donors (Lipinski definition) is 2. The summed E-state index contributed by atoms with van der Waals surface area (Å²) in [5, 5.41) is 13.5. The lowest BCUT2D eigenvalue weighted by atomic mass is 10.1. The van der Waals surface area contributed by atoms with Gasteiger partial charge in [-0.15, -0.1) is 16.3 Å². The molecule has 0 bridgehead atoms. The molecule has 0 unspecified atom stereocenters. The van der Waals surface area contributed by atoms with Crippen molar-refractivity contribution in [3.05, 3.63) is 23.8 Å². The molecule has 0 fully saturated rings. The Bertz CT molecular complexity index is 550. The number of anilines is 1. The van der Waals surface area contributed by atoms with E-state index in [-0.39, 0.29) is 5.82 Å². The molecule has 16 heavy (non-hydrogen) atoms. The van der Waals surface area contributed by atoms with Crippen LogP contribution < -0.4 is 5.73 Å². The number of alkyl halides is 1. The van der Waals surface area contributed by atoms with E-state index in [0.717, 1.165) is 10.2 Å². The number of carboxylic acid groups (broad SMARTS) is 1. The summed E-state index contributed by atoms with van der Waals surface area (Å²) in [6, 6.07) is 5.40. The van der Waals surface area contributed by atoms with E-state index in [0.29, 0.717) is 23.2 Å². The van der Waals surface area contributed by atoms with Gasteiger partial charge in [-0.2, -0.15) is 5.10 Å². The minimum absolute atomic E-state index is 0.142. The number of aryl methyl sites for hydroxylation is 1. The van der Waals surface area contributed by atoms with Gasteiger partial charge < -0.3 is 10.8 Å². The molecule has 0 radical (unpaired) electrons. The number of benzene rings is 1. The molecule has 0 spiro atoms. The molecule has 5 nitrogen and oxygen atoms in total. The van der Waals surface area contributed by atoms with Crippen LogP contribution in [0.2, 0.25) is 0 Å². The highest BCUT2D eigenvalue weighted by Gasteiger charge is 2.15. The average Bonchev–Trinajstić information content (AvgIpc) is 2.58. The van der Waals surface area contributed by atoms with Crippen molar-refractivity contribution in [3.8, 4) is 0 Å². The van der Waals surface area contributed by atoms with Gasteiger partial charge in [0.05, 0.1) is 5.52 Å². The van der Waals surface area contributed by atoms with Crippen LogP contribution in [0.25, 0.3) is 10.9 Å². The zero-order chi connectivity index (χ0) is 11.7. The fourth-order valence-corrected chi connectivity index (χ4v) is 1.89. The van der Waals surface area contributed by atoms with Crippen molar-refractivity contribution in [3.63, 3.8) is 0 Å². The lowest BCUT2D eigenvalue weighted by molar-refractivity contribution is 0.193. The van der Waals surface area contributed by atoms with Gasteiger partial charge in [-0.1, -0.05) is 12.1 Å². The highest BCUT2D eigenvalue weighted by atomic mass is 35.5. The van der Waals surface area contributed by atoms with Gasteiger partial charge >= 0.3 is 6.09 Å². The van der Waals surface area contributed by atoms with Crippen LogP contribution in [0.5, 0.6) is 0 Å². The van der Waals surface area contributed by atoms with Gasteiger partial charge in [-0.25, -0.2) is 4.79 Å². The SMILES string of the molecule is Nc1c2c(CCCl)cccc2nn1C(=O)O. The van der Waals surface area contributed by atoms with Crippen LogP contribution in [-0.4, -0.2) is 26.9 Å². The Labute approximate surface area is 96.4 Å². The van der Waals surface area contributed by atoms with E-state index in [1.807, 2.05) is 12.1 Å². The second kappa shape index (κ2) is 4.02. The average molecular weight is 240 g/mol. The summed E-state index contributed by atoms with van der Waals surface area (Å²) in [5.41, 5.74) is 7.23. The summed E-state index contributed by atoms with van der Waals surface area (Å²) in [6.45, 7) is 0. The first-order chi connectivity index (χ1) is 7.65. The molecule has 0 saturated heterocycles. The smallest absolute Gasteiger partial charge is 0.434 e. The number of nitrogen functional groups attached to an aromatic ring is 1. The van der Waals surface area contributed by atoms with Gasteiger partial charge in [0.2, 0.25) is 0 Å². The van der Waals surface area contributed by atoms with Gasteiger partial charge in [0, 0.05) is 11.3 Å². The third-order valence-corrected chi connectivity index (χ3v) is 2.55. The van der Waals surface area contributed by atoms with E-state index in [4.69, 9.17) is 22.4 Å². The molecule has 0 aliphatic rings. The highest BCUT2D eigenvalue weighted by Crippen LogP contribution is 2.25. The number of carbonyl (C=O) groups is 1. The van der Waals surface area contributed by atoms with Crippen molar-refractivity contribution in [2.75, 3.05) is 11.6 Å². The maximum atomic E-state index is 10.9. The van der Waals surface area contributed by atoms with Crippen LogP contribution in [-0.2, 0) is 6.42 Å². The first-order valence-electron chi connectivity index (χ1n) is 4.70. The van der Waals surface area contributed by atoms with Crippen molar-refractivity contribution >= 4 is 34.4 Å². The monoisotopic (exact) mass is 239 g/mol. The molecule has 3 N–H and O–H groups in total. The summed E-state index contributed by atoms with van der Waals surface area (Å²) < 4.78 is 0.780. The van der Waals surface area contributed by atoms with Crippen molar-refractivity contribution < 1.29 is 9.90 Å². The zero-order valence-corrected chi connectivity index (χ0v) is 9.11. The molecule has 2 aromatic rings. The van der Waals surface area contributed by atoms with Crippen LogP contribution in [0.1, 0.15) is 5.56 Å². The van der Waals surface area contributed by atoms with Crippen LogP contribution in [0, 0.1) is 0 Å². The zero-order valence-electron chi connectivity index (χ0n) is 8.35. The normalized spacial score (nSPS) is 10.8. The van der Waals surface area contributed by atoms with E-state index in [2.05, 4.69) is 5.10 Å². The maximum Gasteiger partial charge on any atom is 0.434 e. The molecular weight excluding hydrogens is 230 g/mol. The van der Waals surface area contributed by atoms with Gasteiger partial charge in [0.15, 0.2) is 0 Å². The Balaban J connectivity index is 2.71. The molecular formula is C10H10ClN3O2. The van der Waals surface area contributed by atoms with Gasteiger partial charge in [-0.05, 0) is 18.1 Å². The summed E-state index contributed by atoms with van der Waals surface area (Å²) in [6.07, 6.45) is -0.556. The van der Waals surface area contributed by atoms with Crippen LogP contribution in [0.3, 0.4) is 0 Å². The third kappa shape index (κ3) is 1.59. The Morgan fingerprint density at radius 1 is 1.56 bits per heavy atom. The first-order valence-corrected chi connectivity index (χ1v) is 5.24. The molecule has 1 aromatic carbocycles. The third-order valence-electron chi connectivity index (χ3n) is 2.37. The van der Waals surface area contributed by atoms with Gasteiger partial charge in [0.1, 0.15) is 5.82 Å². The fourth-order valence-electron chi connectivity index (χ4n) is 1.69. The Morgan fingerprint density at radius 3 is 2.94 bits per heavy atom. The van der Waals surface area contributed by atoms with E-state index in [9.17, 15) is 4.79 Å². The Kier molecular flexibility index (Phi) is 2.70. The lowest BCUT2D eigenvalue weighted by Crippen LogP contribution is -2.12.